The van der Waals surface area contributed by atoms with E-state index in [0.717, 1.165) is 0 Å². The average molecular weight is 318 g/mol. The number of carbonyl (C=O) groups is 1. The van der Waals surface area contributed by atoms with Crippen molar-refractivity contribution in [3.63, 3.8) is 0 Å². The van der Waals surface area contributed by atoms with Crippen molar-refractivity contribution >= 4 is 52.3 Å². The van der Waals surface area contributed by atoms with E-state index in [4.69, 9.17) is 39.9 Å². The summed E-state index contributed by atoms with van der Waals surface area (Å²) in [4.78, 5) is 14.9. The van der Waals surface area contributed by atoms with E-state index in [2.05, 4.69) is 10.3 Å². The van der Waals surface area contributed by atoms with E-state index >= 15 is 0 Å². The fourth-order valence-electron chi connectivity index (χ4n) is 1.41. The smallest absolute Gasteiger partial charge is 0.335 e. The van der Waals surface area contributed by atoms with Crippen molar-refractivity contribution in [1.82, 2.24) is 4.98 Å². The fourth-order valence-corrected chi connectivity index (χ4v) is 2.08. The molecule has 0 radical (unpaired) electrons. The minimum Gasteiger partial charge on any atom is -0.478 e. The number of carboxylic acid groups (broad SMARTS) is 1. The predicted molar refractivity (Wildman–Crippen MR) is 76.0 cm³/mol. The number of nitrogens with zero attached hydrogens (tertiary/aromatic N) is 1. The number of nitrogens with one attached hydrogen (secondary N) is 1. The van der Waals surface area contributed by atoms with Crippen molar-refractivity contribution in [3.05, 3.63) is 51.1 Å². The molecule has 2 aromatic rings. The quantitative estimate of drug-likeness (QED) is 0.819. The van der Waals surface area contributed by atoms with Gasteiger partial charge in [0.05, 0.1) is 16.3 Å². The summed E-state index contributed by atoms with van der Waals surface area (Å²) in [7, 11) is 0. The summed E-state index contributed by atoms with van der Waals surface area (Å²) in [5, 5.41) is 12.8. The molecule has 0 amide bonds. The summed E-state index contributed by atoms with van der Waals surface area (Å²) in [6.45, 7) is 0. The number of hydrogen-bond donors (Lipinski definition) is 2. The Balaban J connectivity index is 2.35. The number of rotatable bonds is 3. The number of benzene rings is 1. The molecule has 2 rings (SSSR count). The number of aromatic carboxylic acids is 1. The van der Waals surface area contributed by atoms with Gasteiger partial charge in [0.1, 0.15) is 11.0 Å². The molecule has 1 heterocycles. The molecule has 0 aliphatic heterocycles. The monoisotopic (exact) mass is 316 g/mol. The summed E-state index contributed by atoms with van der Waals surface area (Å²) >= 11 is 17.5. The Labute approximate surface area is 123 Å². The van der Waals surface area contributed by atoms with Gasteiger partial charge in [0, 0.05) is 5.02 Å². The topological polar surface area (TPSA) is 62.2 Å². The highest BCUT2D eigenvalue weighted by atomic mass is 35.5. The van der Waals surface area contributed by atoms with Gasteiger partial charge in [0.25, 0.3) is 0 Å². The van der Waals surface area contributed by atoms with Gasteiger partial charge in [-0.15, -0.1) is 0 Å². The highest BCUT2D eigenvalue weighted by Gasteiger charge is 2.09. The zero-order chi connectivity index (χ0) is 14.0. The van der Waals surface area contributed by atoms with Crippen LogP contribution < -0.4 is 5.32 Å². The third-order valence-corrected chi connectivity index (χ3v) is 2.98. The Morgan fingerprint density at radius 3 is 2.53 bits per heavy atom. The van der Waals surface area contributed by atoms with E-state index in [-0.39, 0.29) is 16.5 Å². The molecule has 2 N–H and O–H groups in total. The number of carboxylic acids is 1. The average Bonchev–Trinajstić information content (AvgIpc) is 2.32. The van der Waals surface area contributed by atoms with E-state index in [0.29, 0.717) is 15.7 Å². The van der Waals surface area contributed by atoms with Crippen molar-refractivity contribution < 1.29 is 9.90 Å². The second-order valence-electron chi connectivity index (χ2n) is 3.62. The molecule has 98 valence electrons. The van der Waals surface area contributed by atoms with E-state index in [1.54, 1.807) is 18.2 Å². The number of hydrogen-bond acceptors (Lipinski definition) is 3. The first-order valence-electron chi connectivity index (χ1n) is 5.08. The summed E-state index contributed by atoms with van der Waals surface area (Å²) in [5.41, 5.74) is 0.588. The zero-order valence-corrected chi connectivity index (χ0v) is 11.6. The van der Waals surface area contributed by atoms with E-state index < -0.39 is 5.97 Å². The standard InChI is InChI=1S/C12H7Cl3N2O2/c13-7-1-2-9(8(14)5-7)16-11-4-6(12(18)19)3-10(15)17-11/h1-5H,(H,16,17)(H,18,19). The molecule has 1 aromatic heterocycles. The molecule has 0 spiro atoms. The van der Waals surface area contributed by atoms with Crippen molar-refractivity contribution in [2.24, 2.45) is 0 Å². The summed E-state index contributed by atoms with van der Waals surface area (Å²) < 4.78 is 0. The van der Waals surface area contributed by atoms with Gasteiger partial charge in [-0.1, -0.05) is 34.8 Å². The second kappa shape index (κ2) is 5.65. The molecule has 0 fully saturated rings. The molecule has 4 nitrogen and oxygen atoms in total. The van der Waals surface area contributed by atoms with Crippen LogP contribution in [0.1, 0.15) is 10.4 Å². The van der Waals surface area contributed by atoms with Gasteiger partial charge in [0.2, 0.25) is 0 Å². The van der Waals surface area contributed by atoms with Crippen LogP contribution in [-0.2, 0) is 0 Å². The first kappa shape index (κ1) is 13.9. The van der Waals surface area contributed by atoms with E-state index in [1.807, 2.05) is 0 Å². The highest BCUT2D eigenvalue weighted by Crippen LogP contribution is 2.28. The van der Waals surface area contributed by atoms with Gasteiger partial charge in [-0.25, -0.2) is 9.78 Å². The third-order valence-electron chi connectivity index (χ3n) is 2.23. The van der Waals surface area contributed by atoms with Gasteiger partial charge in [-0.2, -0.15) is 0 Å². The fraction of sp³-hybridized carbons (Fsp3) is 0. The van der Waals surface area contributed by atoms with Crippen LogP contribution >= 0.6 is 34.8 Å². The molecular formula is C12H7Cl3N2O2. The summed E-state index contributed by atoms with van der Waals surface area (Å²) in [6.07, 6.45) is 0. The van der Waals surface area contributed by atoms with E-state index in [1.165, 1.54) is 12.1 Å². The van der Waals surface area contributed by atoms with Crippen molar-refractivity contribution in [3.8, 4) is 0 Å². The van der Waals surface area contributed by atoms with Crippen LogP contribution in [0.25, 0.3) is 0 Å². The Hall–Kier alpha value is -1.49. The third kappa shape index (κ3) is 3.50. The van der Waals surface area contributed by atoms with Gasteiger partial charge < -0.3 is 10.4 Å². The molecular weight excluding hydrogens is 311 g/mol. The Bertz CT molecular complexity index is 647. The molecule has 1 aromatic carbocycles. The molecule has 0 unspecified atom stereocenters. The molecule has 0 atom stereocenters. The minimum absolute atomic E-state index is 0.0348. The largest absolute Gasteiger partial charge is 0.478 e. The summed E-state index contributed by atoms with van der Waals surface area (Å²) in [6, 6.07) is 7.50. The second-order valence-corrected chi connectivity index (χ2v) is 4.85. The normalized spacial score (nSPS) is 10.3. The van der Waals surface area contributed by atoms with Gasteiger partial charge in [-0.3, -0.25) is 0 Å². The van der Waals surface area contributed by atoms with Crippen LogP contribution in [0.4, 0.5) is 11.5 Å². The number of halogens is 3. The van der Waals surface area contributed by atoms with Crippen molar-refractivity contribution in [1.29, 1.82) is 0 Å². The lowest BCUT2D eigenvalue weighted by molar-refractivity contribution is 0.0697. The molecule has 0 saturated heterocycles. The number of aromatic nitrogens is 1. The molecule has 0 aliphatic rings. The lowest BCUT2D eigenvalue weighted by Gasteiger charge is -2.09. The van der Waals surface area contributed by atoms with Crippen molar-refractivity contribution in [2.45, 2.75) is 0 Å². The first-order valence-corrected chi connectivity index (χ1v) is 6.22. The van der Waals surface area contributed by atoms with E-state index in [9.17, 15) is 4.79 Å². The van der Waals surface area contributed by atoms with Crippen LogP contribution in [-0.4, -0.2) is 16.1 Å². The van der Waals surface area contributed by atoms with Crippen LogP contribution in [0.2, 0.25) is 15.2 Å². The maximum absolute atomic E-state index is 10.9. The molecule has 0 bridgehead atoms. The van der Waals surface area contributed by atoms with Crippen molar-refractivity contribution in [2.75, 3.05) is 5.32 Å². The van der Waals surface area contributed by atoms with Crippen LogP contribution in [0, 0.1) is 0 Å². The van der Waals surface area contributed by atoms with Crippen LogP contribution in [0.5, 0.6) is 0 Å². The molecule has 0 saturated carbocycles. The Kier molecular flexibility index (Phi) is 4.14. The molecule has 0 aliphatic carbocycles. The van der Waals surface area contributed by atoms with Gasteiger partial charge in [-0.05, 0) is 30.3 Å². The minimum atomic E-state index is -1.09. The highest BCUT2D eigenvalue weighted by molar-refractivity contribution is 6.36. The molecule has 19 heavy (non-hydrogen) atoms. The van der Waals surface area contributed by atoms with Gasteiger partial charge >= 0.3 is 5.97 Å². The molecule has 7 heteroatoms. The Morgan fingerprint density at radius 1 is 1.16 bits per heavy atom. The van der Waals surface area contributed by atoms with Crippen LogP contribution in [0.15, 0.2) is 30.3 Å². The maximum atomic E-state index is 10.9. The lowest BCUT2D eigenvalue weighted by Crippen LogP contribution is -2.01. The maximum Gasteiger partial charge on any atom is 0.335 e. The lowest BCUT2D eigenvalue weighted by atomic mass is 10.2. The summed E-state index contributed by atoms with van der Waals surface area (Å²) in [5.74, 6) is -0.802. The number of pyridine rings is 1. The predicted octanol–water partition coefficient (Wildman–Crippen LogP) is 4.48. The number of anilines is 2. The SMILES string of the molecule is O=C(O)c1cc(Cl)nc(Nc2ccc(Cl)cc2Cl)c1. The Morgan fingerprint density at radius 2 is 1.89 bits per heavy atom. The van der Waals surface area contributed by atoms with Gasteiger partial charge in [0.15, 0.2) is 0 Å². The van der Waals surface area contributed by atoms with Crippen LogP contribution in [0.3, 0.4) is 0 Å². The zero-order valence-electron chi connectivity index (χ0n) is 9.32. The first-order chi connectivity index (χ1) is 8.95.